The van der Waals surface area contributed by atoms with Crippen LogP contribution >= 0.6 is 0 Å². The summed E-state index contributed by atoms with van der Waals surface area (Å²) in [7, 11) is 0. The minimum absolute atomic E-state index is 0.0237. The van der Waals surface area contributed by atoms with E-state index in [1.165, 1.54) is 6.20 Å². The van der Waals surface area contributed by atoms with Crippen molar-refractivity contribution in [2.24, 2.45) is 0 Å². The third-order valence-electron chi connectivity index (χ3n) is 4.13. The third-order valence-corrected chi connectivity index (χ3v) is 4.13. The van der Waals surface area contributed by atoms with Crippen LogP contribution in [0.15, 0.2) is 42.7 Å². The Bertz CT molecular complexity index is 695. The SMILES string of the molecule is O=C(O)c1cnc(N2CC(c3ccccc3)C(F)(CO)C2)cn1. The first-order chi connectivity index (χ1) is 11.0. The summed E-state index contributed by atoms with van der Waals surface area (Å²) >= 11 is 0. The minimum Gasteiger partial charge on any atom is -0.476 e. The number of carboxylic acids is 1. The average molecular weight is 317 g/mol. The zero-order valence-electron chi connectivity index (χ0n) is 12.3. The molecule has 0 spiro atoms. The van der Waals surface area contributed by atoms with Crippen LogP contribution in [0.2, 0.25) is 0 Å². The Kier molecular flexibility index (Phi) is 3.96. The number of anilines is 1. The Labute approximate surface area is 132 Å². The minimum atomic E-state index is -1.78. The molecular formula is C16H16FN3O3. The van der Waals surface area contributed by atoms with Crippen LogP contribution in [0.5, 0.6) is 0 Å². The number of aromatic nitrogens is 2. The van der Waals surface area contributed by atoms with Gasteiger partial charge in [0.15, 0.2) is 11.4 Å². The molecule has 2 aromatic rings. The second kappa shape index (κ2) is 5.92. The molecule has 3 rings (SSSR count). The predicted octanol–water partition coefficient (Wildman–Crippen LogP) is 1.48. The molecule has 120 valence electrons. The van der Waals surface area contributed by atoms with Crippen molar-refractivity contribution in [1.29, 1.82) is 0 Å². The van der Waals surface area contributed by atoms with Crippen LogP contribution in [-0.4, -0.2) is 51.5 Å². The van der Waals surface area contributed by atoms with Crippen molar-refractivity contribution >= 4 is 11.8 Å². The molecule has 1 aliphatic rings. The number of hydrogen-bond acceptors (Lipinski definition) is 5. The molecule has 2 heterocycles. The molecule has 1 aliphatic heterocycles. The van der Waals surface area contributed by atoms with E-state index in [1.807, 2.05) is 30.3 Å². The van der Waals surface area contributed by atoms with Gasteiger partial charge in [-0.25, -0.2) is 19.2 Å². The van der Waals surface area contributed by atoms with Gasteiger partial charge in [0, 0.05) is 12.5 Å². The van der Waals surface area contributed by atoms with Gasteiger partial charge in [0.1, 0.15) is 5.82 Å². The molecule has 7 heteroatoms. The molecule has 2 atom stereocenters. The summed E-state index contributed by atoms with van der Waals surface area (Å²) in [5.74, 6) is -1.26. The monoisotopic (exact) mass is 317 g/mol. The van der Waals surface area contributed by atoms with E-state index in [0.29, 0.717) is 12.4 Å². The van der Waals surface area contributed by atoms with E-state index in [4.69, 9.17) is 5.11 Å². The molecule has 0 radical (unpaired) electrons. The summed E-state index contributed by atoms with van der Waals surface area (Å²) in [5.41, 5.74) is -1.14. The maximum Gasteiger partial charge on any atom is 0.356 e. The lowest BCUT2D eigenvalue weighted by molar-refractivity contribution is 0.0690. The lowest BCUT2D eigenvalue weighted by atomic mass is 9.87. The van der Waals surface area contributed by atoms with Gasteiger partial charge in [-0.05, 0) is 5.56 Å². The fourth-order valence-electron chi connectivity index (χ4n) is 2.90. The highest BCUT2D eigenvalue weighted by atomic mass is 19.1. The molecule has 2 unspecified atom stereocenters. The normalized spacial score (nSPS) is 23.9. The zero-order valence-corrected chi connectivity index (χ0v) is 12.3. The number of halogens is 1. The molecule has 1 aromatic carbocycles. The second-order valence-electron chi connectivity index (χ2n) is 5.60. The van der Waals surface area contributed by atoms with Crippen molar-refractivity contribution < 1.29 is 19.4 Å². The van der Waals surface area contributed by atoms with Gasteiger partial charge in [0.25, 0.3) is 0 Å². The molecule has 0 aliphatic carbocycles. The predicted molar refractivity (Wildman–Crippen MR) is 81.3 cm³/mol. The quantitative estimate of drug-likeness (QED) is 0.888. The van der Waals surface area contributed by atoms with E-state index in [-0.39, 0.29) is 12.2 Å². The van der Waals surface area contributed by atoms with E-state index in [1.54, 1.807) is 4.90 Å². The number of aliphatic hydroxyl groups is 1. The van der Waals surface area contributed by atoms with Gasteiger partial charge in [0.05, 0.1) is 25.5 Å². The second-order valence-corrected chi connectivity index (χ2v) is 5.60. The Morgan fingerprint density at radius 3 is 2.61 bits per heavy atom. The number of aromatic carboxylic acids is 1. The highest BCUT2D eigenvalue weighted by Crippen LogP contribution is 2.40. The molecule has 0 amide bonds. The highest BCUT2D eigenvalue weighted by Gasteiger charge is 2.48. The van der Waals surface area contributed by atoms with Gasteiger partial charge in [-0.3, -0.25) is 0 Å². The molecule has 1 saturated heterocycles. The van der Waals surface area contributed by atoms with Crippen molar-refractivity contribution in [2.45, 2.75) is 11.6 Å². The summed E-state index contributed by atoms with van der Waals surface area (Å²) in [6.07, 6.45) is 2.46. The Morgan fingerprint density at radius 2 is 2.04 bits per heavy atom. The number of nitrogens with zero attached hydrogens (tertiary/aromatic N) is 3. The average Bonchev–Trinajstić information content (AvgIpc) is 2.94. The van der Waals surface area contributed by atoms with Gasteiger partial charge in [-0.1, -0.05) is 30.3 Å². The Morgan fingerprint density at radius 1 is 1.30 bits per heavy atom. The van der Waals surface area contributed by atoms with Gasteiger partial charge in [-0.15, -0.1) is 0 Å². The summed E-state index contributed by atoms with van der Waals surface area (Å²) in [4.78, 5) is 20.3. The van der Waals surface area contributed by atoms with Crippen LogP contribution in [0.1, 0.15) is 22.0 Å². The maximum atomic E-state index is 15.1. The molecular weight excluding hydrogens is 301 g/mol. The Hall–Kier alpha value is -2.54. The first-order valence-corrected chi connectivity index (χ1v) is 7.18. The zero-order chi connectivity index (χ0) is 16.4. The molecule has 0 saturated carbocycles. The third kappa shape index (κ3) is 2.87. The summed E-state index contributed by atoms with van der Waals surface area (Å²) < 4.78 is 15.1. The van der Waals surface area contributed by atoms with Crippen molar-refractivity contribution in [1.82, 2.24) is 9.97 Å². The topological polar surface area (TPSA) is 86.5 Å². The van der Waals surface area contributed by atoms with E-state index < -0.39 is 24.2 Å². The number of alkyl halides is 1. The van der Waals surface area contributed by atoms with E-state index in [9.17, 15) is 9.90 Å². The van der Waals surface area contributed by atoms with Gasteiger partial charge in [-0.2, -0.15) is 0 Å². The first-order valence-electron chi connectivity index (χ1n) is 7.18. The molecule has 0 bridgehead atoms. The van der Waals surface area contributed by atoms with Gasteiger partial charge >= 0.3 is 5.97 Å². The van der Waals surface area contributed by atoms with Crippen molar-refractivity contribution in [3.63, 3.8) is 0 Å². The lowest BCUT2D eigenvalue weighted by Crippen LogP contribution is -2.36. The highest BCUT2D eigenvalue weighted by molar-refractivity contribution is 5.84. The molecule has 23 heavy (non-hydrogen) atoms. The van der Waals surface area contributed by atoms with Crippen molar-refractivity contribution in [2.75, 3.05) is 24.6 Å². The number of rotatable bonds is 4. The molecule has 1 aromatic heterocycles. The lowest BCUT2D eigenvalue weighted by Gasteiger charge is -2.23. The fourth-order valence-corrected chi connectivity index (χ4v) is 2.90. The largest absolute Gasteiger partial charge is 0.476 e. The molecule has 2 N–H and O–H groups in total. The maximum absolute atomic E-state index is 15.1. The smallest absolute Gasteiger partial charge is 0.356 e. The van der Waals surface area contributed by atoms with Crippen molar-refractivity contribution in [3.05, 3.63) is 54.0 Å². The number of aliphatic hydroxyl groups excluding tert-OH is 1. The van der Waals surface area contributed by atoms with Crippen LogP contribution in [0, 0.1) is 0 Å². The fraction of sp³-hybridized carbons (Fsp3) is 0.312. The summed E-state index contributed by atoms with van der Waals surface area (Å²) in [5, 5.41) is 18.4. The van der Waals surface area contributed by atoms with E-state index >= 15 is 4.39 Å². The van der Waals surface area contributed by atoms with Crippen LogP contribution in [0.3, 0.4) is 0 Å². The van der Waals surface area contributed by atoms with Crippen LogP contribution in [-0.2, 0) is 0 Å². The van der Waals surface area contributed by atoms with Gasteiger partial charge in [0.2, 0.25) is 0 Å². The molecule has 1 fully saturated rings. The number of benzene rings is 1. The first kappa shape index (κ1) is 15.4. The summed E-state index contributed by atoms with van der Waals surface area (Å²) in [6, 6.07) is 9.17. The number of carboxylic acid groups (broad SMARTS) is 1. The number of hydrogen-bond donors (Lipinski definition) is 2. The Balaban J connectivity index is 1.87. The van der Waals surface area contributed by atoms with Crippen molar-refractivity contribution in [3.8, 4) is 0 Å². The number of carbonyl (C=O) groups is 1. The van der Waals surface area contributed by atoms with E-state index in [0.717, 1.165) is 11.8 Å². The van der Waals surface area contributed by atoms with E-state index in [2.05, 4.69) is 9.97 Å². The summed E-state index contributed by atoms with van der Waals surface area (Å²) in [6.45, 7) is -0.282. The van der Waals surface area contributed by atoms with Crippen LogP contribution < -0.4 is 4.90 Å². The standard InChI is InChI=1S/C16H16FN3O3/c17-16(10-21)9-20(8-12(16)11-4-2-1-3-5-11)14-7-18-13(6-19-14)15(22)23/h1-7,12,21H,8-10H2,(H,22,23). The van der Waals surface area contributed by atoms with Crippen LogP contribution in [0.25, 0.3) is 0 Å². The van der Waals surface area contributed by atoms with Crippen LogP contribution in [0.4, 0.5) is 10.2 Å². The van der Waals surface area contributed by atoms with Gasteiger partial charge < -0.3 is 15.1 Å². The molecule has 6 nitrogen and oxygen atoms in total.